The van der Waals surface area contributed by atoms with Gasteiger partial charge in [-0.2, -0.15) is 0 Å². The van der Waals surface area contributed by atoms with Crippen molar-refractivity contribution in [3.63, 3.8) is 0 Å². The van der Waals surface area contributed by atoms with E-state index in [0.717, 1.165) is 65.9 Å². The highest BCUT2D eigenvalue weighted by molar-refractivity contribution is 7.96. The fourth-order valence-corrected chi connectivity index (χ4v) is 4.88. The normalized spacial score (nSPS) is 14.5. The van der Waals surface area contributed by atoms with E-state index in [4.69, 9.17) is 19.4 Å². The Morgan fingerprint density at radius 1 is 0.941 bits per heavy atom. The number of methoxy groups -OCH3 is 1. The molecule has 2 aromatic heterocycles. The first-order valence-electron chi connectivity index (χ1n) is 11.6. The summed E-state index contributed by atoms with van der Waals surface area (Å²) in [5, 5.41) is 0. The Balaban J connectivity index is 1.32. The number of benzene rings is 2. The topological polar surface area (TPSA) is 66.5 Å². The molecule has 4 aromatic rings. The van der Waals surface area contributed by atoms with Gasteiger partial charge in [0.25, 0.3) is 0 Å². The van der Waals surface area contributed by atoms with Crippen molar-refractivity contribution in [1.29, 1.82) is 0 Å². The van der Waals surface area contributed by atoms with Gasteiger partial charge in [0, 0.05) is 37.5 Å². The molecule has 0 spiro atoms. The van der Waals surface area contributed by atoms with Crippen LogP contribution in [-0.4, -0.2) is 58.3 Å². The van der Waals surface area contributed by atoms with Gasteiger partial charge in [0.2, 0.25) is 0 Å². The Kier molecular flexibility index (Phi) is 6.87. The Bertz CT molecular complexity index is 1240. The van der Waals surface area contributed by atoms with Crippen LogP contribution in [0, 0.1) is 0 Å². The summed E-state index contributed by atoms with van der Waals surface area (Å²) in [5.41, 5.74) is 3.68. The number of fused-ring (bicyclic) bond motifs is 1. The smallest absolute Gasteiger partial charge is 0.180 e. The van der Waals surface area contributed by atoms with E-state index in [0.29, 0.717) is 18.1 Å². The highest BCUT2D eigenvalue weighted by atomic mass is 32.2. The fourth-order valence-electron chi connectivity index (χ4n) is 4.09. The first kappa shape index (κ1) is 22.6. The van der Waals surface area contributed by atoms with Crippen LogP contribution < -0.4 is 14.4 Å². The van der Waals surface area contributed by atoms with Crippen LogP contribution in [0.25, 0.3) is 22.6 Å². The molecule has 0 aliphatic carbocycles. The van der Waals surface area contributed by atoms with E-state index >= 15 is 0 Å². The number of hydrogen-bond donors (Lipinski definition) is 1. The number of H-pyrrole nitrogens is 1. The molecule has 2 aromatic carbocycles. The fraction of sp³-hybridized carbons (Fsp3) is 0.308. The number of piperazine rings is 1. The van der Waals surface area contributed by atoms with Crippen molar-refractivity contribution < 1.29 is 9.47 Å². The van der Waals surface area contributed by atoms with Crippen molar-refractivity contribution in [3.8, 4) is 22.9 Å². The van der Waals surface area contributed by atoms with E-state index in [1.165, 1.54) is 0 Å². The summed E-state index contributed by atoms with van der Waals surface area (Å²) < 4.78 is 14.0. The average molecular weight is 476 g/mol. The molecule has 0 amide bonds. The maximum Gasteiger partial charge on any atom is 0.180 e. The number of ether oxygens (including phenoxy) is 2. The van der Waals surface area contributed by atoms with Crippen LogP contribution in [0.4, 0.5) is 5.82 Å². The van der Waals surface area contributed by atoms with Crippen molar-refractivity contribution in [2.45, 2.75) is 13.5 Å². The number of rotatable bonds is 8. The second-order valence-electron chi connectivity index (χ2n) is 8.10. The molecule has 0 saturated carbocycles. The Morgan fingerprint density at radius 3 is 2.53 bits per heavy atom. The number of aromatic amines is 1. The number of nitrogens with one attached hydrogen (secondary N) is 1. The Labute approximate surface area is 204 Å². The second kappa shape index (κ2) is 10.4. The van der Waals surface area contributed by atoms with Gasteiger partial charge in [-0.15, -0.1) is 0 Å². The van der Waals surface area contributed by atoms with Crippen LogP contribution in [0.15, 0.2) is 60.7 Å². The monoisotopic (exact) mass is 475 g/mol. The number of anilines is 1. The summed E-state index contributed by atoms with van der Waals surface area (Å²) in [6, 6.07) is 20.1. The molecule has 5 rings (SSSR count). The lowest BCUT2D eigenvalue weighted by atomic mass is 10.2. The molecule has 1 fully saturated rings. The molecule has 1 N–H and O–H groups in total. The van der Waals surface area contributed by atoms with Gasteiger partial charge in [-0.1, -0.05) is 49.2 Å². The molecule has 176 valence electrons. The number of hydrogen-bond acceptors (Lipinski definition) is 7. The van der Waals surface area contributed by atoms with E-state index in [1.54, 1.807) is 7.11 Å². The van der Waals surface area contributed by atoms with Crippen molar-refractivity contribution >= 4 is 28.9 Å². The quantitative estimate of drug-likeness (QED) is 0.360. The Morgan fingerprint density at radius 2 is 1.76 bits per heavy atom. The molecule has 0 unspecified atom stereocenters. The predicted molar refractivity (Wildman–Crippen MR) is 139 cm³/mol. The van der Waals surface area contributed by atoms with E-state index < -0.39 is 0 Å². The molecule has 0 bridgehead atoms. The van der Waals surface area contributed by atoms with Gasteiger partial charge >= 0.3 is 0 Å². The first-order chi connectivity index (χ1) is 16.7. The number of aromatic nitrogens is 3. The molecule has 1 saturated heterocycles. The highest BCUT2D eigenvalue weighted by Crippen LogP contribution is 2.33. The number of imidazole rings is 1. The van der Waals surface area contributed by atoms with Crippen molar-refractivity contribution in [3.05, 3.63) is 66.2 Å². The summed E-state index contributed by atoms with van der Waals surface area (Å²) in [7, 11) is 1.65. The molecule has 3 heterocycles. The van der Waals surface area contributed by atoms with Gasteiger partial charge < -0.3 is 19.4 Å². The predicted octanol–water partition coefficient (Wildman–Crippen LogP) is 5.00. The average Bonchev–Trinajstić information content (AvgIpc) is 3.32. The maximum atomic E-state index is 5.99. The second-order valence-corrected chi connectivity index (χ2v) is 9.45. The largest absolute Gasteiger partial charge is 0.493 e. The molecule has 34 heavy (non-hydrogen) atoms. The van der Waals surface area contributed by atoms with Crippen LogP contribution in [0.5, 0.6) is 11.5 Å². The van der Waals surface area contributed by atoms with E-state index in [9.17, 15) is 0 Å². The lowest BCUT2D eigenvalue weighted by Gasteiger charge is -2.34. The van der Waals surface area contributed by atoms with Gasteiger partial charge in [0.15, 0.2) is 17.1 Å². The molecule has 1 aliphatic rings. The van der Waals surface area contributed by atoms with Crippen molar-refractivity contribution in [2.24, 2.45) is 0 Å². The van der Waals surface area contributed by atoms with Crippen LogP contribution in [-0.2, 0) is 6.61 Å². The summed E-state index contributed by atoms with van der Waals surface area (Å²) in [4.78, 5) is 15.3. The van der Waals surface area contributed by atoms with Crippen molar-refractivity contribution in [2.75, 3.05) is 43.9 Å². The molecule has 8 heteroatoms. The van der Waals surface area contributed by atoms with Gasteiger partial charge in [-0.05, 0) is 35.9 Å². The minimum Gasteiger partial charge on any atom is -0.493 e. The highest BCUT2D eigenvalue weighted by Gasteiger charge is 2.19. The zero-order valence-electron chi connectivity index (χ0n) is 19.5. The Hall–Kier alpha value is -3.23. The molecular formula is C26H29N5O2S. The summed E-state index contributed by atoms with van der Waals surface area (Å²) >= 11 is 1.91. The van der Waals surface area contributed by atoms with Crippen LogP contribution in [0.3, 0.4) is 0 Å². The summed E-state index contributed by atoms with van der Waals surface area (Å²) in [6.07, 6.45) is 0. The lowest BCUT2D eigenvalue weighted by molar-refractivity contribution is 0.284. The lowest BCUT2D eigenvalue weighted by Crippen LogP contribution is -2.43. The van der Waals surface area contributed by atoms with E-state index in [1.807, 2.05) is 60.5 Å². The molecule has 0 radical (unpaired) electrons. The molecule has 7 nitrogen and oxygen atoms in total. The van der Waals surface area contributed by atoms with Gasteiger partial charge in [-0.3, -0.25) is 0 Å². The maximum absolute atomic E-state index is 5.99. The third-order valence-corrected chi connectivity index (χ3v) is 6.87. The number of nitrogens with zero attached hydrogens (tertiary/aromatic N) is 4. The molecular weight excluding hydrogens is 446 g/mol. The standard InChI is InChI=1S/C26H29N5O2S/c1-3-34-31-15-13-30(14-16-31)24-12-10-21-26(28-24)29-25(27-21)20-9-11-22(23(17-20)32-2)33-18-19-7-5-4-6-8-19/h4-12,17H,3,13-16,18H2,1-2H3,(H,27,28,29). The van der Waals surface area contributed by atoms with Gasteiger partial charge in [-0.25, -0.2) is 14.3 Å². The zero-order valence-corrected chi connectivity index (χ0v) is 20.3. The summed E-state index contributed by atoms with van der Waals surface area (Å²) in [5.74, 6) is 4.23. The first-order valence-corrected chi connectivity index (χ1v) is 12.5. The summed E-state index contributed by atoms with van der Waals surface area (Å²) in [6.45, 7) is 6.72. The number of pyridine rings is 1. The van der Waals surface area contributed by atoms with E-state index in [2.05, 4.69) is 33.2 Å². The van der Waals surface area contributed by atoms with Crippen LogP contribution in [0.1, 0.15) is 12.5 Å². The van der Waals surface area contributed by atoms with Crippen LogP contribution in [0.2, 0.25) is 0 Å². The minimum atomic E-state index is 0.485. The SMILES string of the molecule is CCSN1CCN(c2ccc3[nH]c(-c4ccc(OCc5ccccc5)c(OC)c4)nc3n2)CC1. The third-order valence-electron chi connectivity index (χ3n) is 5.88. The van der Waals surface area contributed by atoms with Gasteiger partial charge in [0.1, 0.15) is 18.2 Å². The third kappa shape index (κ3) is 4.98. The zero-order chi connectivity index (χ0) is 23.3. The minimum absolute atomic E-state index is 0.485. The van der Waals surface area contributed by atoms with Gasteiger partial charge in [0.05, 0.1) is 12.6 Å². The van der Waals surface area contributed by atoms with Crippen LogP contribution >= 0.6 is 11.9 Å². The van der Waals surface area contributed by atoms with E-state index in [-0.39, 0.29) is 0 Å². The molecule has 0 atom stereocenters. The van der Waals surface area contributed by atoms with Crippen molar-refractivity contribution in [1.82, 2.24) is 19.3 Å². The molecule has 1 aliphatic heterocycles.